The molecule has 0 aliphatic heterocycles. The van der Waals surface area contributed by atoms with E-state index in [2.05, 4.69) is 15.3 Å². The molecule has 0 unspecified atom stereocenters. The quantitative estimate of drug-likeness (QED) is 0.762. The van der Waals surface area contributed by atoms with Gasteiger partial charge in [-0.1, -0.05) is 26.0 Å². The van der Waals surface area contributed by atoms with Crippen molar-refractivity contribution in [1.82, 2.24) is 15.3 Å². The van der Waals surface area contributed by atoms with E-state index in [0.717, 1.165) is 0 Å². The largest absolute Gasteiger partial charge is 0.548 e. The Morgan fingerprint density at radius 2 is 2.00 bits per heavy atom. The van der Waals surface area contributed by atoms with Crippen LogP contribution >= 0.6 is 0 Å². The number of aryl methyl sites for hydroxylation is 1. The third-order valence-electron chi connectivity index (χ3n) is 3.49. The second kappa shape index (κ2) is 7.04. The van der Waals surface area contributed by atoms with Gasteiger partial charge in [0.1, 0.15) is 5.82 Å². The molecule has 7 nitrogen and oxygen atoms in total. The number of carboxylic acid groups (broad SMARTS) is 1. The molecule has 0 saturated carbocycles. The lowest BCUT2D eigenvalue weighted by Gasteiger charge is -2.23. The zero-order valence-electron chi connectivity index (χ0n) is 13.0. The van der Waals surface area contributed by atoms with Crippen molar-refractivity contribution in [3.63, 3.8) is 0 Å². The van der Waals surface area contributed by atoms with E-state index in [4.69, 9.17) is 0 Å². The van der Waals surface area contributed by atoms with Crippen LogP contribution in [0.15, 0.2) is 29.1 Å². The Bertz CT molecular complexity index is 782. The summed E-state index contributed by atoms with van der Waals surface area (Å²) in [5.74, 6) is -1.63. The van der Waals surface area contributed by atoms with Crippen molar-refractivity contribution in [3.05, 3.63) is 40.4 Å². The molecule has 0 saturated heterocycles. The van der Waals surface area contributed by atoms with Crippen LogP contribution in [0.3, 0.4) is 0 Å². The second-order valence-corrected chi connectivity index (χ2v) is 5.64. The van der Waals surface area contributed by atoms with Gasteiger partial charge in [0.2, 0.25) is 5.91 Å². The van der Waals surface area contributed by atoms with Gasteiger partial charge in [0.25, 0.3) is 5.56 Å². The van der Waals surface area contributed by atoms with E-state index in [1.807, 2.05) is 0 Å². The first-order valence-electron chi connectivity index (χ1n) is 7.36. The second-order valence-electron chi connectivity index (χ2n) is 5.64. The van der Waals surface area contributed by atoms with Crippen LogP contribution < -0.4 is 16.0 Å². The van der Waals surface area contributed by atoms with Gasteiger partial charge in [0, 0.05) is 12.8 Å². The SMILES string of the molecule is CC(C)[C@@H](NC(=O)CCc1nc2ccccc2c(=O)[nH]1)C(=O)[O-]. The fourth-order valence-electron chi connectivity index (χ4n) is 2.23. The molecule has 2 rings (SSSR count). The third kappa shape index (κ3) is 4.15. The summed E-state index contributed by atoms with van der Waals surface area (Å²) in [6, 6.07) is 5.88. The number of aromatic nitrogens is 2. The van der Waals surface area contributed by atoms with Crippen LogP contribution in [0.5, 0.6) is 0 Å². The Kier molecular flexibility index (Phi) is 5.10. The highest BCUT2D eigenvalue weighted by atomic mass is 16.4. The van der Waals surface area contributed by atoms with Gasteiger partial charge in [-0.2, -0.15) is 0 Å². The Balaban J connectivity index is 2.04. The van der Waals surface area contributed by atoms with Crippen LogP contribution in [-0.2, 0) is 16.0 Å². The number of nitrogens with zero attached hydrogens (tertiary/aromatic N) is 1. The number of carbonyl (C=O) groups is 2. The third-order valence-corrected chi connectivity index (χ3v) is 3.49. The molecule has 0 radical (unpaired) electrons. The highest BCUT2D eigenvalue weighted by molar-refractivity contribution is 5.83. The average molecular weight is 316 g/mol. The number of aromatic amines is 1. The van der Waals surface area contributed by atoms with Crippen molar-refractivity contribution >= 4 is 22.8 Å². The Morgan fingerprint density at radius 1 is 1.30 bits per heavy atom. The molecule has 0 spiro atoms. The van der Waals surface area contributed by atoms with E-state index in [9.17, 15) is 19.5 Å². The molecule has 1 aromatic carbocycles. The van der Waals surface area contributed by atoms with Crippen LogP contribution in [0.25, 0.3) is 10.9 Å². The number of aliphatic carboxylic acids is 1. The lowest BCUT2D eigenvalue weighted by atomic mass is 10.0. The minimum atomic E-state index is -1.31. The van der Waals surface area contributed by atoms with Gasteiger partial charge in [0.05, 0.1) is 22.9 Å². The van der Waals surface area contributed by atoms with Crippen molar-refractivity contribution in [2.45, 2.75) is 32.7 Å². The van der Waals surface area contributed by atoms with Gasteiger partial charge in [-0.3, -0.25) is 9.59 Å². The predicted molar refractivity (Wildman–Crippen MR) is 82.5 cm³/mol. The van der Waals surface area contributed by atoms with Crippen LogP contribution in [0.4, 0.5) is 0 Å². The summed E-state index contributed by atoms with van der Waals surface area (Å²) in [7, 11) is 0. The highest BCUT2D eigenvalue weighted by Gasteiger charge is 2.17. The smallest absolute Gasteiger partial charge is 0.258 e. The van der Waals surface area contributed by atoms with Crippen LogP contribution in [0.1, 0.15) is 26.1 Å². The first kappa shape index (κ1) is 16.7. The zero-order chi connectivity index (χ0) is 17.0. The molecule has 0 aliphatic carbocycles. The molecule has 2 N–H and O–H groups in total. The summed E-state index contributed by atoms with van der Waals surface area (Å²) in [5.41, 5.74) is 0.294. The number of H-pyrrole nitrogens is 1. The van der Waals surface area contributed by atoms with Crippen LogP contribution in [0.2, 0.25) is 0 Å². The number of benzene rings is 1. The van der Waals surface area contributed by atoms with Crippen molar-refractivity contribution in [2.24, 2.45) is 5.92 Å². The zero-order valence-corrected chi connectivity index (χ0v) is 13.0. The van der Waals surface area contributed by atoms with E-state index < -0.39 is 17.9 Å². The van der Waals surface area contributed by atoms with E-state index in [0.29, 0.717) is 16.7 Å². The molecule has 0 aliphatic rings. The van der Waals surface area contributed by atoms with Crippen molar-refractivity contribution in [3.8, 4) is 0 Å². The first-order chi connectivity index (χ1) is 10.9. The molecule has 122 valence electrons. The summed E-state index contributed by atoms with van der Waals surface area (Å²) >= 11 is 0. The molecule has 1 atom stereocenters. The fraction of sp³-hybridized carbons (Fsp3) is 0.375. The van der Waals surface area contributed by atoms with E-state index in [1.165, 1.54) is 0 Å². The van der Waals surface area contributed by atoms with E-state index >= 15 is 0 Å². The lowest BCUT2D eigenvalue weighted by molar-refractivity contribution is -0.309. The Morgan fingerprint density at radius 3 is 2.65 bits per heavy atom. The van der Waals surface area contributed by atoms with E-state index in [-0.39, 0.29) is 24.3 Å². The summed E-state index contributed by atoms with van der Waals surface area (Å²) in [4.78, 5) is 41.7. The molecule has 0 bridgehead atoms. The van der Waals surface area contributed by atoms with E-state index in [1.54, 1.807) is 38.1 Å². The number of rotatable bonds is 6. The molecule has 23 heavy (non-hydrogen) atoms. The fourth-order valence-corrected chi connectivity index (χ4v) is 2.23. The monoisotopic (exact) mass is 316 g/mol. The normalized spacial score (nSPS) is 12.3. The molecular formula is C16H18N3O4-. The predicted octanol–water partition coefficient (Wildman–Crippen LogP) is -0.254. The highest BCUT2D eigenvalue weighted by Crippen LogP contribution is 2.07. The van der Waals surface area contributed by atoms with Crippen molar-refractivity contribution in [2.75, 3.05) is 0 Å². The minimum Gasteiger partial charge on any atom is -0.548 e. The molecule has 1 amide bonds. The van der Waals surface area contributed by atoms with Gasteiger partial charge < -0.3 is 20.2 Å². The number of carbonyl (C=O) groups excluding carboxylic acids is 2. The molecule has 2 aromatic rings. The number of nitrogens with one attached hydrogen (secondary N) is 2. The standard InChI is InChI=1S/C16H19N3O4/c1-9(2)14(16(22)23)19-13(20)8-7-12-17-11-6-4-3-5-10(11)15(21)18-12/h3-6,9,14H,7-8H2,1-2H3,(H,19,20)(H,22,23)(H,17,18,21)/p-1/t14-/m1/s1. The number of hydrogen-bond donors (Lipinski definition) is 2. The maximum absolute atomic E-state index is 11.9. The lowest BCUT2D eigenvalue weighted by Crippen LogP contribution is -2.50. The number of para-hydroxylation sites is 1. The Labute approximate surface area is 132 Å². The molecule has 1 heterocycles. The summed E-state index contributed by atoms with van der Waals surface area (Å²) in [6.07, 6.45) is 0.238. The number of carboxylic acids is 1. The van der Waals surface area contributed by atoms with Gasteiger partial charge in [0.15, 0.2) is 0 Å². The molecule has 0 fully saturated rings. The topological polar surface area (TPSA) is 115 Å². The van der Waals surface area contributed by atoms with Crippen LogP contribution in [-0.4, -0.2) is 27.9 Å². The number of hydrogen-bond acceptors (Lipinski definition) is 5. The molecular weight excluding hydrogens is 298 g/mol. The average Bonchev–Trinajstić information content (AvgIpc) is 2.50. The van der Waals surface area contributed by atoms with Crippen molar-refractivity contribution in [1.29, 1.82) is 0 Å². The molecule has 1 aromatic heterocycles. The summed E-state index contributed by atoms with van der Waals surface area (Å²) in [5, 5.41) is 13.9. The molecule has 7 heteroatoms. The maximum Gasteiger partial charge on any atom is 0.258 e. The van der Waals surface area contributed by atoms with Gasteiger partial charge in [-0.25, -0.2) is 4.98 Å². The minimum absolute atomic E-state index is 0.0256. The summed E-state index contributed by atoms with van der Waals surface area (Å²) in [6.45, 7) is 3.37. The number of fused-ring (bicyclic) bond motifs is 1. The Hall–Kier alpha value is -2.70. The van der Waals surface area contributed by atoms with Gasteiger partial charge in [-0.05, 0) is 18.1 Å². The van der Waals surface area contributed by atoms with Crippen molar-refractivity contribution < 1.29 is 14.7 Å². The summed E-state index contributed by atoms with van der Waals surface area (Å²) < 4.78 is 0. The maximum atomic E-state index is 11.9. The van der Waals surface area contributed by atoms with Gasteiger partial charge in [-0.15, -0.1) is 0 Å². The van der Waals surface area contributed by atoms with Crippen LogP contribution in [0, 0.1) is 5.92 Å². The van der Waals surface area contributed by atoms with Gasteiger partial charge >= 0.3 is 0 Å². The number of amides is 1. The first-order valence-corrected chi connectivity index (χ1v) is 7.36.